The quantitative estimate of drug-likeness (QED) is 0.372. The second kappa shape index (κ2) is 11.6. The first kappa shape index (κ1) is 27.9. The van der Waals surface area contributed by atoms with Crippen LogP contribution in [0.4, 0.5) is 10.1 Å². The number of amides is 2. The Hall–Kier alpha value is -3.65. The molecule has 2 amide bonds. The molecule has 0 spiro atoms. The average molecular weight is 564 g/mol. The van der Waals surface area contributed by atoms with Gasteiger partial charge in [-0.2, -0.15) is 5.26 Å². The highest BCUT2D eigenvalue weighted by Gasteiger charge is 2.20. The number of carbonyl (C=O) groups is 2. The largest absolute Gasteiger partial charge is 0.454 e. The van der Waals surface area contributed by atoms with E-state index in [1.165, 1.54) is 43.3 Å². The number of rotatable bonds is 8. The summed E-state index contributed by atoms with van der Waals surface area (Å²) in [5, 5.41) is 11.8. The number of carbonyl (C=O) groups excluding carboxylic acids is 2. The highest BCUT2D eigenvalue weighted by Crippen LogP contribution is 2.33. The van der Waals surface area contributed by atoms with Crippen molar-refractivity contribution in [2.45, 2.75) is 31.6 Å². The van der Waals surface area contributed by atoms with Crippen molar-refractivity contribution in [3.63, 3.8) is 0 Å². The van der Waals surface area contributed by atoms with Gasteiger partial charge in [0.2, 0.25) is 11.8 Å². The Morgan fingerprint density at radius 3 is 2.46 bits per heavy atom. The Bertz CT molecular complexity index is 1540. The van der Waals surface area contributed by atoms with Gasteiger partial charge in [-0.3, -0.25) is 9.59 Å². The molecule has 0 bridgehead atoms. The lowest BCUT2D eigenvalue weighted by Gasteiger charge is -2.14. The van der Waals surface area contributed by atoms with E-state index in [1.807, 2.05) is 10.8 Å². The second-order valence-electron chi connectivity index (χ2n) is 7.82. The van der Waals surface area contributed by atoms with Crippen molar-refractivity contribution < 1.29 is 27.1 Å². The molecule has 0 aliphatic carbocycles. The zero-order valence-corrected chi connectivity index (χ0v) is 21.9. The van der Waals surface area contributed by atoms with Crippen LogP contribution in [0.15, 0.2) is 53.4 Å². The van der Waals surface area contributed by atoms with Crippen molar-refractivity contribution in [2.75, 3.05) is 5.32 Å². The molecule has 12 heteroatoms. The topological polar surface area (TPSA) is 125 Å². The molecule has 3 rings (SSSR count). The number of anilines is 1. The van der Waals surface area contributed by atoms with Crippen LogP contribution < -0.4 is 14.8 Å². The maximum absolute atomic E-state index is 15.3. The SMILES string of the molecule is CCC(=O)NS(=O)(=O)c1ccc(NC(=O)Cc2ccc(C)c(Oc3cc(Cl)cc(C#N)c3)c2F)c(Cl)c1. The van der Waals surface area contributed by atoms with E-state index < -0.39 is 27.7 Å². The van der Waals surface area contributed by atoms with Crippen LogP contribution in [-0.4, -0.2) is 20.2 Å². The minimum Gasteiger partial charge on any atom is -0.454 e. The molecule has 0 unspecified atom stereocenters. The number of nitrogens with one attached hydrogen (secondary N) is 2. The van der Waals surface area contributed by atoms with Crippen LogP contribution in [0.3, 0.4) is 0 Å². The van der Waals surface area contributed by atoms with Gasteiger partial charge in [0.25, 0.3) is 10.0 Å². The van der Waals surface area contributed by atoms with E-state index in [4.69, 9.17) is 33.2 Å². The molecule has 3 aromatic carbocycles. The minimum atomic E-state index is -4.12. The van der Waals surface area contributed by atoms with Crippen LogP contribution in [0, 0.1) is 24.1 Å². The van der Waals surface area contributed by atoms with Crippen molar-refractivity contribution in [1.82, 2.24) is 4.72 Å². The first-order valence-electron chi connectivity index (χ1n) is 10.7. The molecule has 0 saturated carbocycles. The predicted octanol–water partition coefficient (Wildman–Crippen LogP) is 5.50. The van der Waals surface area contributed by atoms with Gasteiger partial charge in [-0.05, 0) is 48.9 Å². The molecule has 0 atom stereocenters. The Labute approximate surface area is 223 Å². The van der Waals surface area contributed by atoms with Crippen LogP contribution in [0.1, 0.15) is 30.0 Å². The van der Waals surface area contributed by atoms with Crippen molar-refractivity contribution in [3.05, 3.63) is 81.1 Å². The number of hydrogen-bond donors (Lipinski definition) is 2. The molecular weight excluding hydrogens is 544 g/mol. The number of sulfonamides is 1. The molecule has 2 N–H and O–H groups in total. The van der Waals surface area contributed by atoms with Gasteiger partial charge in [0, 0.05) is 17.0 Å². The number of halogens is 3. The number of ether oxygens (including phenoxy) is 1. The third-order valence-corrected chi connectivity index (χ3v) is 6.94. The van der Waals surface area contributed by atoms with Crippen LogP contribution in [0.5, 0.6) is 11.5 Å². The van der Waals surface area contributed by atoms with E-state index in [9.17, 15) is 18.0 Å². The standard InChI is InChI=1S/C25H20Cl2FN3O5S/c1-3-22(32)31-37(34,35)19-6-7-21(20(27)12-19)30-23(33)10-16-5-4-14(2)25(24(16)28)36-18-9-15(13-29)8-17(26)11-18/h4-9,11-12H,3,10H2,1-2H3,(H,30,33)(H,31,32). The van der Waals surface area contributed by atoms with Crippen LogP contribution in [0.25, 0.3) is 0 Å². The van der Waals surface area contributed by atoms with Gasteiger partial charge in [0.15, 0.2) is 11.6 Å². The predicted molar refractivity (Wildman–Crippen MR) is 137 cm³/mol. The Kier molecular flexibility index (Phi) is 8.76. The Morgan fingerprint density at radius 1 is 1.08 bits per heavy atom. The van der Waals surface area contributed by atoms with Crippen molar-refractivity contribution in [1.29, 1.82) is 5.26 Å². The molecule has 0 aromatic heterocycles. The molecule has 8 nitrogen and oxygen atoms in total. The summed E-state index contributed by atoms with van der Waals surface area (Å²) in [6, 6.07) is 12.7. The number of aryl methyl sites for hydroxylation is 1. The second-order valence-corrected chi connectivity index (χ2v) is 10.3. The van der Waals surface area contributed by atoms with E-state index in [2.05, 4.69) is 5.32 Å². The molecule has 0 aliphatic heterocycles. The maximum atomic E-state index is 15.3. The summed E-state index contributed by atoms with van der Waals surface area (Å²) in [5.41, 5.74) is 0.812. The molecule has 0 heterocycles. The van der Waals surface area contributed by atoms with E-state index in [0.717, 1.165) is 6.07 Å². The lowest BCUT2D eigenvalue weighted by molar-refractivity contribution is -0.119. The van der Waals surface area contributed by atoms with Crippen molar-refractivity contribution in [3.8, 4) is 17.6 Å². The summed E-state index contributed by atoms with van der Waals surface area (Å²) in [4.78, 5) is 23.8. The lowest BCUT2D eigenvalue weighted by Crippen LogP contribution is -2.29. The number of nitriles is 1. The van der Waals surface area contributed by atoms with E-state index in [1.54, 1.807) is 13.0 Å². The van der Waals surface area contributed by atoms with Crippen LogP contribution in [0.2, 0.25) is 10.0 Å². The van der Waals surface area contributed by atoms with E-state index in [-0.39, 0.29) is 56.1 Å². The van der Waals surface area contributed by atoms with Gasteiger partial charge in [-0.25, -0.2) is 17.5 Å². The molecular formula is C25H20Cl2FN3O5S. The number of nitrogens with zero attached hydrogens (tertiary/aromatic N) is 1. The molecule has 37 heavy (non-hydrogen) atoms. The fraction of sp³-hybridized carbons (Fsp3) is 0.160. The fourth-order valence-electron chi connectivity index (χ4n) is 3.17. The zero-order valence-electron chi connectivity index (χ0n) is 19.6. The van der Waals surface area contributed by atoms with Gasteiger partial charge in [0.1, 0.15) is 5.75 Å². The molecule has 0 fully saturated rings. The number of hydrogen-bond acceptors (Lipinski definition) is 6. The van der Waals surface area contributed by atoms with E-state index >= 15 is 4.39 Å². The highest BCUT2D eigenvalue weighted by atomic mass is 35.5. The van der Waals surface area contributed by atoms with Gasteiger partial charge >= 0.3 is 0 Å². The normalized spacial score (nSPS) is 10.9. The van der Waals surface area contributed by atoms with Gasteiger partial charge in [-0.15, -0.1) is 0 Å². The fourth-order valence-corrected chi connectivity index (χ4v) is 4.77. The minimum absolute atomic E-state index is 0.0244. The Morgan fingerprint density at radius 2 is 1.81 bits per heavy atom. The van der Waals surface area contributed by atoms with Gasteiger partial charge < -0.3 is 10.1 Å². The molecule has 192 valence electrons. The summed E-state index contributed by atoms with van der Waals surface area (Å²) in [6.07, 6.45) is -0.409. The maximum Gasteiger partial charge on any atom is 0.264 e. The molecule has 0 aliphatic rings. The van der Waals surface area contributed by atoms with Crippen LogP contribution in [-0.2, 0) is 26.0 Å². The monoisotopic (exact) mass is 563 g/mol. The zero-order chi connectivity index (χ0) is 27.3. The first-order chi connectivity index (χ1) is 17.4. The molecule has 0 radical (unpaired) electrons. The van der Waals surface area contributed by atoms with Crippen molar-refractivity contribution >= 4 is 50.7 Å². The summed E-state index contributed by atoms with van der Waals surface area (Å²) in [6.45, 7) is 3.13. The summed E-state index contributed by atoms with van der Waals surface area (Å²) in [5.74, 6) is -2.05. The third-order valence-electron chi connectivity index (χ3n) is 5.04. The Balaban J connectivity index is 1.78. The lowest BCUT2D eigenvalue weighted by atomic mass is 10.1. The first-order valence-corrected chi connectivity index (χ1v) is 13.0. The van der Waals surface area contributed by atoms with Gasteiger partial charge in [0.05, 0.1) is 33.7 Å². The highest BCUT2D eigenvalue weighted by molar-refractivity contribution is 7.90. The summed E-state index contributed by atoms with van der Waals surface area (Å²) < 4.78 is 47.3. The third kappa shape index (κ3) is 6.98. The van der Waals surface area contributed by atoms with Crippen LogP contribution >= 0.6 is 23.2 Å². The smallest absolute Gasteiger partial charge is 0.264 e. The van der Waals surface area contributed by atoms with Crippen molar-refractivity contribution in [2.24, 2.45) is 0 Å². The van der Waals surface area contributed by atoms with E-state index in [0.29, 0.717) is 5.56 Å². The van der Waals surface area contributed by atoms with Gasteiger partial charge in [-0.1, -0.05) is 42.3 Å². The average Bonchev–Trinajstić information content (AvgIpc) is 2.84. The summed E-state index contributed by atoms with van der Waals surface area (Å²) >= 11 is 12.1. The molecule has 0 saturated heterocycles. The molecule has 3 aromatic rings. The summed E-state index contributed by atoms with van der Waals surface area (Å²) in [7, 11) is -4.12. The number of benzene rings is 3.